The van der Waals surface area contributed by atoms with Crippen molar-refractivity contribution >= 4 is 21.7 Å². The molecule has 0 saturated carbocycles. The van der Waals surface area contributed by atoms with Crippen molar-refractivity contribution in [3.63, 3.8) is 0 Å². The summed E-state index contributed by atoms with van der Waals surface area (Å²) in [6, 6.07) is 3.84. The van der Waals surface area contributed by atoms with Crippen LogP contribution in [0, 0.1) is 5.92 Å². The number of halogens is 1. The maximum absolute atomic E-state index is 11.5. The predicted molar refractivity (Wildman–Crippen MR) is 60.7 cm³/mol. The Hall–Kier alpha value is -0.610. The van der Waals surface area contributed by atoms with Crippen LogP contribution in [-0.4, -0.2) is 30.8 Å². The second-order valence-electron chi connectivity index (χ2n) is 4.10. The average Bonchev–Trinajstić information content (AvgIpc) is 2.70. The average molecular weight is 272 g/mol. The Bertz CT molecular complexity index is 361. The second kappa shape index (κ2) is 4.49. The number of rotatable bonds is 3. The SMILES string of the molecule is CN1CC(=O)C(CCc2ccc(Br)o2)C1. The van der Waals surface area contributed by atoms with E-state index in [2.05, 4.69) is 20.8 Å². The zero-order chi connectivity index (χ0) is 10.8. The zero-order valence-corrected chi connectivity index (χ0v) is 10.3. The predicted octanol–water partition coefficient (Wildman–Crippen LogP) is 2.11. The van der Waals surface area contributed by atoms with Gasteiger partial charge in [0.25, 0.3) is 0 Å². The van der Waals surface area contributed by atoms with Gasteiger partial charge in [-0.1, -0.05) is 0 Å². The molecule has 2 heterocycles. The monoisotopic (exact) mass is 271 g/mol. The highest BCUT2D eigenvalue weighted by Crippen LogP contribution is 2.20. The van der Waals surface area contributed by atoms with Crippen molar-refractivity contribution in [1.29, 1.82) is 0 Å². The van der Waals surface area contributed by atoms with Crippen LogP contribution in [0.15, 0.2) is 21.2 Å². The Morgan fingerprint density at radius 1 is 1.60 bits per heavy atom. The first-order valence-corrected chi connectivity index (χ1v) is 5.90. The van der Waals surface area contributed by atoms with Crippen molar-refractivity contribution in [2.24, 2.45) is 5.92 Å². The van der Waals surface area contributed by atoms with Gasteiger partial charge in [-0.05, 0) is 41.5 Å². The summed E-state index contributed by atoms with van der Waals surface area (Å²) in [4.78, 5) is 13.6. The van der Waals surface area contributed by atoms with E-state index in [-0.39, 0.29) is 5.92 Å². The van der Waals surface area contributed by atoms with Gasteiger partial charge in [-0.2, -0.15) is 0 Å². The van der Waals surface area contributed by atoms with E-state index in [4.69, 9.17) is 4.42 Å². The lowest BCUT2D eigenvalue weighted by molar-refractivity contribution is -0.119. The van der Waals surface area contributed by atoms with Crippen molar-refractivity contribution in [2.75, 3.05) is 20.1 Å². The minimum absolute atomic E-state index is 0.193. The van der Waals surface area contributed by atoms with Crippen LogP contribution in [0.2, 0.25) is 0 Å². The number of hydrogen-bond acceptors (Lipinski definition) is 3. The lowest BCUT2D eigenvalue weighted by Crippen LogP contribution is -2.14. The summed E-state index contributed by atoms with van der Waals surface area (Å²) in [5.74, 6) is 1.51. The standard InChI is InChI=1S/C11H14BrNO2/c1-13-6-8(10(14)7-13)2-3-9-4-5-11(12)15-9/h4-5,8H,2-3,6-7H2,1H3. The smallest absolute Gasteiger partial charge is 0.169 e. The van der Waals surface area contributed by atoms with Gasteiger partial charge >= 0.3 is 0 Å². The molecule has 2 rings (SSSR count). The van der Waals surface area contributed by atoms with Gasteiger partial charge in [-0.15, -0.1) is 0 Å². The van der Waals surface area contributed by atoms with Crippen molar-refractivity contribution in [3.05, 3.63) is 22.6 Å². The number of nitrogens with zero attached hydrogens (tertiary/aromatic N) is 1. The van der Waals surface area contributed by atoms with Crippen molar-refractivity contribution in [3.8, 4) is 0 Å². The molecule has 1 aliphatic heterocycles. The second-order valence-corrected chi connectivity index (χ2v) is 4.89. The highest BCUT2D eigenvalue weighted by molar-refractivity contribution is 9.10. The van der Waals surface area contributed by atoms with Gasteiger partial charge in [-0.25, -0.2) is 0 Å². The Balaban J connectivity index is 1.86. The molecule has 0 amide bonds. The quantitative estimate of drug-likeness (QED) is 0.845. The minimum Gasteiger partial charge on any atom is -0.454 e. The van der Waals surface area contributed by atoms with E-state index in [0.717, 1.165) is 29.8 Å². The summed E-state index contributed by atoms with van der Waals surface area (Å²) in [7, 11) is 1.99. The molecule has 0 aromatic carbocycles. The topological polar surface area (TPSA) is 33.5 Å². The van der Waals surface area contributed by atoms with Crippen LogP contribution in [0.3, 0.4) is 0 Å². The van der Waals surface area contributed by atoms with Gasteiger partial charge in [0.05, 0.1) is 6.54 Å². The first kappa shape index (κ1) is 10.9. The molecule has 15 heavy (non-hydrogen) atoms. The fourth-order valence-corrected chi connectivity index (χ4v) is 2.33. The third-order valence-electron chi connectivity index (χ3n) is 2.78. The Morgan fingerprint density at radius 2 is 2.40 bits per heavy atom. The Kier molecular flexibility index (Phi) is 3.26. The molecule has 4 heteroatoms. The highest BCUT2D eigenvalue weighted by Gasteiger charge is 2.27. The molecule has 0 aliphatic carbocycles. The number of carbonyl (C=O) groups is 1. The first-order chi connectivity index (χ1) is 7.15. The number of carbonyl (C=O) groups excluding carboxylic acids is 1. The molecule has 1 fully saturated rings. The van der Waals surface area contributed by atoms with Gasteiger partial charge in [0.1, 0.15) is 5.76 Å². The first-order valence-electron chi connectivity index (χ1n) is 5.10. The number of ketones is 1. The molecule has 1 unspecified atom stereocenters. The normalized spacial score (nSPS) is 22.5. The molecular formula is C11H14BrNO2. The van der Waals surface area contributed by atoms with Gasteiger partial charge in [0.2, 0.25) is 0 Å². The van der Waals surface area contributed by atoms with Crippen LogP contribution in [0.5, 0.6) is 0 Å². The van der Waals surface area contributed by atoms with E-state index in [0.29, 0.717) is 12.3 Å². The molecule has 0 spiro atoms. The molecule has 1 saturated heterocycles. The summed E-state index contributed by atoms with van der Waals surface area (Å²) in [6.07, 6.45) is 1.74. The van der Waals surface area contributed by atoms with E-state index in [9.17, 15) is 4.79 Å². The number of Topliss-reactive ketones (excluding diaryl/α,β-unsaturated/α-hetero) is 1. The zero-order valence-electron chi connectivity index (χ0n) is 8.70. The third kappa shape index (κ3) is 2.69. The lowest BCUT2D eigenvalue weighted by Gasteiger charge is -2.07. The summed E-state index contributed by atoms with van der Waals surface area (Å²) in [5.41, 5.74) is 0. The molecule has 1 atom stereocenters. The summed E-state index contributed by atoms with van der Waals surface area (Å²) >= 11 is 3.27. The van der Waals surface area contributed by atoms with Gasteiger partial charge in [0.15, 0.2) is 10.5 Å². The van der Waals surface area contributed by atoms with Crippen LogP contribution >= 0.6 is 15.9 Å². The summed E-state index contributed by atoms with van der Waals surface area (Å²) < 4.78 is 6.15. The number of hydrogen-bond donors (Lipinski definition) is 0. The van der Waals surface area contributed by atoms with E-state index in [1.165, 1.54) is 0 Å². The van der Waals surface area contributed by atoms with E-state index < -0.39 is 0 Å². The van der Waals surface area contributed by atoms with E-state index in [1.807, 2.05) is 19.2 Å². The van der Waals surface area contributed by atoms with E-state index in [1.54, 1.807) is 0 Å². The molecule has 0 bridgehead atoms. The number of aryl methyl sites for hydroxylation is 1. The number of furan rings is 1. The number of likely N-dealkylation sites (tertiary alicyclic amines) is 1. The fourth-order valence-electron chi connectivity index (χ4n) is 1.99. The molecular weight excluding hydrogens is 258 g/mol. The van der Waals surface area contributed by atoms with Crippen molar-refractivity contribution in [1.82, 2.24) is 4.90 Å². The lowest BCUT2D eigenvalue weighted by atomic mass is 10.0. The van der Waals surface area contributed by atoms with Crippen molar-refractivity contribution in [2.45, 2.75) is 12.8 Å². The van der Waals surface area contributed by atoms with E-state index >= 15 is 0 Å². The molecule has 1 aliphatic rings. The van der Waals surface area contributed by atoms with Crippen LogP contribution < -0.4 is 0 Å². The van der Waals surface area contributed by atoms with Gasteiger partial charge in [-0.3, -0.25) is 9.69 Å². The van der Waals surface area contributed by atoms with Gasteiger partial charge < -0.3 is 4.42 Å². The van der Waals surface area contributed by atoms with Crippen LogP contribution in [0.1, 0.15) is 12.2 Å². The molecule has 0 radical (unpaired) electrons. The highest BCUT2D eigenvalue weighted by atomic mass is 79.9. The maximum atomic E-state index is 11.5. The summed E-state index contributed by atoms with van der Waals surface area (Å²) in [5, 5.41) is 0. The van der Waals surface area contributed by atoms with Crippen LogP contribution in [0.4, 0.5) is 0 Å². The molecule has 1 aromatic rings. The van der Waals surface area contributed by atoms with Crippen LogP contribution in [0.25, 0.3) is 0 Å². The van der Waals surface area contributed by atoms with Crippen LogP contribution in [-0.2, 0) is 11.2 Å². The Morgan fingerprint density at radius 3 is 2.93 bits per heavy atom. The maximum Gasteiger partial charge on any atom is 0.169 e. The third-order valence-corrected chi connectivity index (χ3v) is 3.21. The molecule has 3 nitrogen and oxygen atoms in total. The largest absolute Gasteiger partial charge is 0.454 e. The van der Waals surface area contributed by atoms with Crippen molar-refractivity contribution < 1.29 is 9.21 Å². The van der Waals surface area contributed by atoms with Gasteiger partial charge in [0, 0.05) is 18.9 Å². The molecule has 1 aromatic heterocycles. The fraction of sp³-hybridized carbons (Fsp3) is 0.545. The number of likely N-dealkylation sites (N-methyl/N-ethyl adjacent to an activating group) is 1. The summed E-state index contributed by atoms with van der Waals surface area (Å²) in [6.45, 7) is 1.49. The molecule has 0 N–H and O–H groups in total. The molecule has 82 valence electrons. The Labute approximate surface area is 97.6 Å². The minimum atomic E-state index is 0.193.